The average Bonchev–Trinajstić information content (AvgIpc) is 2.88. The number of aromatic nitrogens is 1. The summed E-state index contributed by atoms with van der Waals surface area (Å²) in [4.78, 5) is 9.78. The molecule has 8 heteroatoms. The molecule has 190 valence electrons. The molecule has 2 fully saturated rings. The van der Waals surface area contributed by atoms with Crippen molar-refractivity contribution in [1.29, 1.82) is 0 Å². The number of hydrogen-bond donors (Lipinski definition) is 2. The number of fused-ring (bicyclic) bond motifs is 1. The van der Waals surface area contributed by atoms with E-state index in [1.54, 1.807) is 0 Å². The van der Waals surface area contributed by atoms with Crippen molar-refractivity contribution in [2.75, 3.05) is 36.0 Å². The van der Waals surface area contributed by atoms with E-state index in [0.29, 0.717) is 0 Å². The fraction of sp³-hybridized carbons (Fsp3) is 0.321. The highest BCUT2D eigenvalue weighted by atomic mass is 35.5. The summed E-state index contributed by atoms with van der Waals surface area (Å²) in [7, 11) is 0. The summed E-state index contributed by atoms with van der Waals surface area (Å²) in [6, 6.07) is 23.8. The molecule has 1 aliphatic carbocycles. The monoisotopic (exact) mass is 543 g/mol. The lowest BCUT2D eigenvalue weighted by molar-refractivity contribution is -0.655. The van der Waals surface area contributed by atoms with Crippen molar-refractivity contribution in [3.8, 4) is 0 Å². The Morgan fingerprint density at radius 1 is 0.889 bits per heavy atom. The summed E-state index contributed by atoms with van der Waals surface area (Å²) >= 11 is 7.21. The largest absolute Gasteiger partial charge is 1.00 e. The van der Waals surface area contributed by atoms with Gasteiger partial charge in [-0.3, -0.25) is 0 Å². The van der Waals surface area contributed by atoms with Gasteiger partial charge in [0.1, 0.15) is 11.4 Å². The third-order valence-electron chi connectivity index (χ3n) is 7.66. The number of rotatable bonds is 4. The minimum Gasteiger partial charge on any atom is -1.00 e. The molecule has 0 atom stereocenters. The first kappa shape index (κ1) is 26.8. The maximum absolute atomic E-state index is 7.21. The topological polar surface area (TPSA) is 63.6 Å². The molecule has 0 radical (unpaired) electrons. The SMILES string of the molecule is [Cl-].[Cl-].[NH3+]C1(c2ccc(C3=C(Cl)c4nc(N5CC[NH2+]CC5)ccc4CN3c3ccccc3)cc2)CCC1. The first-order chi connectivity index (χ1) is 16.6. The number of hydrogen-bond acceptors (Lipinski definition) is 3. The summed E-state index contributed by atoms with van der Waals surface area (Å²) in [5.41, 5.74) is 11.2. The highest BCUT2D eigenvalue weighted by Crippen LogP contribution is 2.43. The standard InChI is InChI=1S/C28H30ClN5.2ClH/c29-25-26-21(9-12-24(32-26)33-17-15-31-16-18-33)19-34(23-5-2-1-3-6-23)27(25)20-7-10-22(11-8-20)28(30)13-4-14-28;;/h1-3,5-12,31H,4,13-19,30H2;2*1H. The number of nitrogens with two attached hydrogens (primary N) is 1. The Hall–Kier alpha value is -2.28. The third kappa shape index (κ3) is 4.83. The van der Waals surface area contributed by atoms with Crippen LogP contribution in [0.1, 0.15) is 41.6 Å². The van der Waals surface area contributed by atoms with Crippen LogP contribution < -0.4 is 45.7 Å². The van der Waals surface area contributed by atoms with E-state index in [1.165, 1.54) is 24.8 Å². The molecule has 3 heterocycles. The number of para-hydroxylation sites is 1. The van der Waals surface area contributed by atoms with Crippen LogP contribution >= 0.6 is 11.6 Å². The molecule has 3 aliphatic rings. The van der Waals surface area contributed by atoms with Crippen molar-refractivity contribution in [1.82, 2.24) is 4.98 Å². The molecule has 3 aromatic rings. The van der Waals surface area contributed by atoms with Crippen LogP contribution in [0.2, 0.25) is 0 Å². The molecular weight excluding hydrogens is 513 g/mol. The molecule has 36 heavy (non-hydrogen) atoms. The maximum atomic E-state index is 7.21. The minimum absolute atomic E-state index is 0. The molecule has 0 unspecified atom stereocenters. The van der Waals surface area contributed by atoms with E-state index in [-0.39, 0.29) is 30.4 Å². The number of nitrogens with zero attached hydrogens (tertiary/aromatic N) is 3. The highest BCUT2D eigenvalue weighted by molar-refractivity contribution is 6.53. The zero-order valence-electron chi connectivity index (χ0n) is 20.3. The van der Waals surface area contributed by atoms with Gasteiger partial charge in [0.05, 0.1) is 49.1 Å². The van der Waals surface area contributed by atoms with E-state index < -0.39 is 0 Å². The first-order valence-electron chi connectivity index (χ1n) is 12.4. The Morgan fingerprint density at radius 3 is 2.22 bits per heavy atom. The summed E-state index contributed by atoms with van der Waals surface area (Å²) in [5.74, 6) is 1.02. The van der Waals surface area contributed by atoms with Gasteiger partial charge < -0.3 is 45.7 Å². The zero-order chi connectivity index (χ0) is 23.1. The van der Waals surface area contributed by atoms with E-state index >= 15 is 0 Å². The maximum Gasteiger partial charge on any atom is 0.129 e. The number of anilines is 2. The molecular formula is C28H32Cl3N5. The quantitative estimate of drug-likeness (QED) is 0.373. The van der Waals surface area contributed by atoms with Gasteiger partial charge in [-0.2, -0.15) is 0 Å². The van der Waals surface area contributed by atoms with Crippen LogP contribution in [0.25, 0.3) is 10.7 Å². The Morgan fingerprint density at radius 2 is 1.58 bits per heavy atom. The second-order valence-electron chi connectivity index (χ2n) is 9.83. The second kappa shape index (κ2) is 11.0. The lowest BCUT2D eigenvalue weighted by atomic mass is 9.72. The van der Waals surface area contributed by atoms with Crippen molar-refractivity contribution in [2.24, 2.45) is 0 Å². The van der Waals surface area contributed by atoms with E-state index in [0.717, 1.165) is 71.8 Å². The van der Waals surface area contributed by atoms with Gasteiger partial charge in [0.2, 0.25) is 0 Å². The van der Waals surface area contributed by atoms with Crippen molar-refractivity contribution in [2.45, 2.75) is 31.3 Å². The molecule has 2 aliphatic heterocycles. The number of pyridine rings is 1. The molecule has 1 saturated heterocycles. The fourth-order valence-electron chi connectivity index (χ4n) is 5.42. The summed E-state index contributed by atoms with van der Waals surface area (Å²) < 4.78 is 0. The molecule has 5 nitrogen and oxygen atoms in total. The number of benzene rings is 2. The molecule has 0 amide bonds. The minimum atomic E-state index is 0. The van der Waals surface area contributed by atoms with E-state index in [1.807, 2.05) is 0 Å². The van der Waals surface area contributed by atoms with Crippen molar-refractivity contribution in [3.05, 3.63) is 89.1 Å². The van der Waals surface area contributed by atoms with Crippen LogP contribution in [0.5, 0.6) is 0 Å². The molecule has 5 N–H and O–H groups in total. The molecule has 6 rings (SSSR count). The van der Waals surface area contributed by atoms with E-state index in [2.05, 4.69) is 87.6 Å². The van der Waals surface area contributed by atoms with Crippen LogP contribution in [-0.4, -0.2) is 31.2 Å². The normalized spacial score (nSPS) is 18.5. The molecule has 0 bridgehead atoms. The summed E-state index contributed by atoms with van der Waals surface area (Å²) in [6.07, 6.45) is 3.60. The zero-order valence-corrected chi connectivity index (χ0v) is 22.5. The predicted molar refractivity (Wildman–Crippen MR) is 138 cm³/mol. The van der Waals surface area contributed by atoms with Crippen LogP contribution in [0.15, 0.2) is 66.7 Å². The van der Waals surface area contributed by atoms with Gasteiger partial charge in [0, 0.05) is 24.1 Å². The highest BCUT2D eigenvalue weighted by Gasteiger charge is 2.38. The first-order valence-corrected chi connectivity index (χ1v) is 12.8. The summed E-state index contributed by atoms with van der Waals surface area (Å²) in [6.45, 7) is 4.99. The lowest BCUT2D eigenvalue weighted by Crippen LogP contribution is -3.00. The van der Waals surface area contributed by atoms with E-state index in [9.17, 15) is 0 Å². The Balaban J connectivity index is 0.00000152. The molecule has 1 aromatic heterocycles. The fourth-order valence-corrected chi connectivity index (χ4v) is 5.79. The van der Waals surface area contributed by atoms with Crippen molar-refractivity contribution in [3.63, 3.8) is 0 Å². The lowest BCUT2D eigenvalue weighted by Gasteiger charge is -2.36. The third-order valence-corrected chi connectivity index (χ3v) is 8.02. The van der Waals surface area contributed by atoms with Gasteiger partial charge >= 0.3 is 0 Å². The molecule has 2 aromatic carbocycles. The number of piperazine rings is 1. The van der Waals surface area contributed by atoms with Crippen LogP contribution in [0.4, 0.5) is 11.5 Å². The predicted octanol–water partition coefficient (Wildman–Crippen LogP) is -2.82. The Kier molecular flexibility index (Phi) is 8.18. The Bertz CT molecular complexity index is 1220. The van der Waals surface area contributed by atoms with Gasteiger partial charge in [-0.15, -0.1) is 0 Å². The van der Waals surface area contributed by atoms with Gasteiger partial charge in [0.25, 0.3) is 0 Å². The Labute approximate surface area is 230 Å². The van der Waals surface area contributed by atoms with Gasteiger partial charge in [-0.25, -0.2) is 4.98 Å². The smallest absolute Gasteiger partial charge is 0.129 e. The van der Waals surface area contributed by atoms with Crippen LogP contribution in [-0.2, 0) is 12.1 Å². The molecule has 1 saturated carbocycles. The second-order valence-corrected chi connectivity index (χ2v) is 10.2. The number of quaternary nitrogens is 2. The van der Waals surface area contributed by atoms with Gasteiger partial charge in [0.15, 0.2) is 0 Å². The average molecular weight is 545 g/mol. The van der Waals surface area contributed by atoms with Gasteiger partial charge in [-0.1, -0.05) is 60.1 Å². The number of halogens is 3. The van der Waals surface area contributed by atoms with Crippen LogP contribution in [0, 0.1) is 0 Å². The van der Waals surface area contributed by atoms with E-state index in [4.69, 9.17) is 16.6 Å². The van der Waals surface area contributed by atoms with Crippen molar-refractivity contribution < 1.29 is 35.9 Å². The molecule has 0 spiro atoms. The summed E-state index contributed by atoms with van der Waals surface area (Å²) in [5, 5.41) is 3.08. The van der Waals surface area contributed by atoms with Crippen molar-refractivity contribution >= 4 is 33.8 Å². The van der Waals surface area contributed by atoms with Crippen LogP contribution in [0.3, 0.4) is 0 Å². The van der Waals surface area contributed by atoms with Gasteiger partial charge in [-0.05, 0) is 35.7 Å².